The summed E-state index contributed by atoms with van der Waals surface area (Å²) in [7, 11) is 0. The first-order valence-electron chi connectivity index (χ1n) is 4.13. The maximum Gasteiger partial charge on any atom is 0.0991 e. The molecule has 13 heavy (non-hydrogen) atoms. The molecule has 1 aliphatic heterocycles. The van der Waals surface area contributed by atoms with Gasteiger partial charge in [0, 0.05) is 10.5 Å². The standard InChI is InChI=1S/C11H9NS/c1-2-10-11(13-10)9-5-3-8(7-12)4-6-9/h2-6,10-11H,1H2. The van der Waals surface area contributed by atoms with Crippen molar-refractivity contribution >= 4 is 11.8 Å². The minimum Gasteiger partial charge on any atom is -0.192 e. The first-order chi connectivity index (χ1) is 6.35. The third kappa shape index (κ3) is 1.61. The van der Waals surface area contributed by atoms with Crippen LogP contribution >= 0.6 is 11.8 Å². The summed E-state index contributed by atoms with van der Waals surface area (Å²) >= 11 is 1.90. The number of nitriles is 1. The summed E-state index contributed by atoms with van der Waals surface area (Å²) in [6, 6.07) is 9.91. The van der Waals surface area contributed by atoms with E-state index in [4.69, 9.17) is 5.26 Å². The number of benzene rings is 1. The average molecular weight is 187 g/mol. The minimum absolute atomic E-state index is 0.574. The number of hydrogen-bond donors (Lipinski definition) is 0. The van der Waals surface area contributed by atoms with E-state index in [1.165, 1.54) is 5.56 Å². The van der Waals surface area contributed by atoms with Gasteiger partial charge in [-0.25, -0.2) is 0 Å². The van der Waals surface area contributed by atoms with E-state index in [9.17, 15) is 0 Å². The summed E-state index contributed by atoms with van der Waals surface area (Å²) < 4.78 is 0. The highest BCUT2D eigenvalue weighted by atomic mass is 32.2. The zero-order chi connectivity index (χ0) is 9.26. The maximum atomic E-state index is 8.61. The topological polar surface area (TPSA) is 23.8 Å². The third-order valence-corrected chi connectivity index (χ3v) is 3.45. The molecule has 1 aromatic rings. The Labute approximate surface area is 82.1 Å². The molecule has 0 N–H and O–H groups in total. The lowest BCUT2D eigenvalue weighted by Crippen LogP contribution is -1.84. The maximum absolute atomic E-state index is 8.61. The van der Waals surface area contributed by atoms with Gasteiger partial charge in [0.05, 0.1) is 11.6 Å². The van der Waals surface area contributed by atoms with Crippen LogP contribution in [0.3, 0.4) is 0 Å². The first kappa shape index (κ1) is 8.40. The Bertz CT molecular complexity index is 361. The van der Waals surface area contributed by atoms with Crippen LogP contribution in [0.25, 0.3) is 0 Å². The molecule has 0 bridgehead atoms. The van der Waals surface area contributed by atoms with Gasteiger partial charge in [0.15, 0.2) is 0 Å². The Kier molecular flexibility index (Phi) is 2.12. The smallest absolute Gasteiger partial charge is 0.0991 e. The number of hydrogen-bond acceptors (Lipinski definition) is 2. The molecular formula is C11H9NS. The van der Waals surface area contributed by atoms with Crippen molar-refractivity contribution in [3.05, 3.63) is 48.0 Å². The molecular weight excluding hydrogens is 178 g/mol. The highest BCUT2D eigenvalue weighted by molar-refractivity contribution is 8.07. The summed E-state index contributed by atoms with van der Waals surface area (Å²) in [5.41, 5.74) is 2.03. The van der Waals surface area contributed by atoms with E-state index in [2.05, 4.69) is 12.6 Å². The molecule has 0 aliphatic carbocycles. The van der Waals surface area contributed by atoms with Gasteiger partial charge in [-0.3, -0.25) is 0 Å². The molecule has 1 heterocycles. The second-order valence-electron chi connectivity index (χ2n) is 2.99. The van der Waals surface area contributed by atoms with Crippen molar-refractivity contribution in [2.75, 3.05) is 0 Å². The van der Waals surface area contributed by atoms with Crippen molar-refractivity contribution in [3.8, 4) is 6.07 Å². The molecule has 0 aromatic heterocycles. The summed E-state index contributed by atoms with van der Waals surface area (Å²) in [5.74, 6) is 0. The molecule has 0 spiro atoms. The molecule has 1 aromatic carbocycles. The van der Waals surface area contributed by atoms with Crippen molar-refractivity contribution in [1.82, 2.24) is 0 Å². The van der Waals surface area contributed by atoms with Crippen LogP contribution in [0.1, 0.15) is 16.4 Å². The SMILES string of the molecule is C=CC1SC1c1ccc(C#N)cc1. The van der Waals surface area contributed by atoms with Crippen molar-refractivity contribution in [1.29, 1.82) is 5.26 Å². The van der Waals surface area contributed by atoms with E-state index >= 15 is 0 Å². The van der Waals surface area contributed by atoms with Gasteiger partial charge in [0.1, 0.15) is 0 Å². The Hall–Kier alpha value is -1.20. The van der Waals surface area contributed by atoms with E-state index in [0.29, 0.717) is 10.5 Å². The van der Waals surface area contributed by atoms with Crippen LogP contribution in [0.5, 0.6) is 0 Å². The van der Waals surface area contributed by atoms with Crippen LogP contribution in [0.2, 0.25) is 0 Å². The van der Waals surface area contributed by atoms with Crippen LogP contribution in [0.15, 0.2) is 36.9 Å². The van der Waals surface area contributed by atoms with Gasteiger partial charge >= 0.3 is 0 Å². The van der Waals surface area contributed by atoms with Crippen LogP contribution < -0.4 is 0 Å². The predicted octanol–water partition coefficient (Wildman–Crippen LogP) is 2.90. The van der Waals surface area contributed by atoms with E-state index in [1.807, 2.05) is 42.1 Å². The summed E-state index contributed by atoms with van der Waals surface area (Å²) in [6.45, 7) is 3.76. The van der Waals surface area contributed by atoms with Gasteiger partial charge in [0.25, 0.3) is 0 Å². The Morgan fingerprint density at radius 2 is 2.08 bits per heavy atom. The summed E-state index contributed by atoms with van der Waals surface area (Å²) in [4.78, 5) is 0. The Morgan fingerprint density at radius 1 is 1.38 bits per heavy atom. The molecule has 2 unspecified atom stereocenters. The van der Waals surface area contributed by atoms with Gasteiger partial charge in [-0.1, -0.05) is 18.2 Å². The monoisotopic (exact) mass is 187 g/mol. The molecule has 0 saturated carbocycles. The normalized spacial score (nSPS) is 24.8. The fourth-order valence-electron chi connectivity index (χ4n) is 1.32. The Balaban J connectivity index is 2.16. The third-order valence-electron chi connectivity index (χ3n) is 2.13. The Morgan fingerprint density at radius 3 is 2.54 bits per heavy atom. The van der Waals surface area contributed by atoms with Gasteiger partial charge in [0.2, 0.25) is 0 Å². The van der Waals surface area contributed by atoms with E-state index in [1.54, 1.807) is 0 Å². The molecule has 0 radical (unpaired) electrons. The minimum atomic E-state index is 0.574. The zero-order valence-corrected chi connectivity index (χ0v) is 7.92. The molecule has 0 amide bonds. The predicted molar refractivity (Wildman–Crippen MR) is 55.5 cm³/mol. The molecule has 2 atom stereocenters. The fourth-order valence-corrected chi connectivity index (χ4v) is 2.26. The van der Waals surface area contributed by atoms with Gasteiger partial charge in [-0.2, -0.15) is 5.26 Å². The van der Waals surface area contributed by atoms with Crippen molar-refractivity contribution < 1.29 is 0 Å². The molecule has 64 valence electrons. The molecule has 1 fully saturated rings. The first-order valence-corrected chi connectivity index (χ1v) is 5.07. The van der Waals surface area contributed by atoms with E-state index in [-0.39, 0.29) is 0 Å². The molecule has 1 aliphatic rings. The van der Waals surface area contributed by atoms with Gasteiger partial charge < -0.3 is 0 Å². The fraction of sp³-hybridized carbons (Fsp3) is 0.182. The highest BCUT2D eigenvalue weighted by Gasteiger charge is 2.36. The van der Waals surface area contributed by atoms with Crippen molar-refractivity contribution in [3.63, 3.8) is 0 Å². The van der Waals surface area contributed by atoms with Crippen LogP contribution in [-0.2, 0) is 0 Å². The molecule has 2 heteroatoms. The highest BCUT2D eigenvalue weighted by Crippen LogP contribution is 2.55. The number of thioether (sulfide) groups is 1. The lowest BCUT2D eigenvalue weighted by Gasteiger charge is -1.95. The second kappa shape index (κ2) is 3.27. The van der Waals surface area contributed by atoms with Crippen molar-refractivity contribution in [2.45, 2.75) is 10.5 Å². The van der Waals surface area contributed by atoms with E-state index in [0.717, 1.165) is 5.56 Å². The average Bonchev–Trinajstić information content (AvgIpc) is 2.97. The van der Waals surface area contributed by atoms with Crippen LogP contribution in [0.4, 0.5) is 0 Å². The molecule has 1 saturated heterocycles. The summed E-state index contributed by atoms with van der Waals surface area (Å²) in [6.07, 6.45) is 1.98. The number of nitrogens with zero attached hydrogens (tertiary/aromatic N) is 1. The largest absolute Gasteiger partial charge is 0.192 e. The van der Waals surface area contributed by atoms with Crippen molar-refractivity contribution in [2.24, 2.45) is 0 Å². The van der Waals surface area contributed by atoms with Crippen LogP contribution in [0, 0.1) is 11.3 Å². The van der Waals surface area contributed by atoms with Gasteiger partial charge in [-0.15, -0.1) is 18.3 Å². The molecule has 1 nitrogen and oxygen atoms in total. The van der Waals surface area contributed by atoms with E-state index < -0.39 is 0 Å². The zero-order valence-electron chi connectivity index (χ0n) is 7.10. The summed E-state index contributed by atoms with van der Waals surface area (Å²) in [5, 5.41) is 9.76. The quantitative estimate of drug-likeness (QED) is 0.525. The van der Waals surface area contributed by atoms with Crippen LogP contribution in [-0.4, -0.2) is 5.25 Å². The lowest BCUT2D eigenvalue weighted by atomic mass is 10.1. The lowest BCUT2D eigenvalue weighted by molar-refractivity contribution is 1.11. The molecule has 2 rings (SSSR count). The number of rotatable bonds is 2. The van der Waals surface area contributed by atoms with Gasteiger partial charge in [-0.05, 0) is 17.7 Å². The second-order valence-corrected chi connectivity index (χ2v) is 4.32.